The van der Waals surface area contributed by atoms with E-state index in [0.29, 0.717) is 22.8 Å². The molecular formula is C16H21ClN2OS. The Bertz CT molecular complexity index is 521. The van der Waals surface area contributed by atoms with Gasteiger partial charge in [-0.3, -0.25) is 4.79 Å². The lowest BCUT2D eigenvalue weighted by atomic mass is 9.49. The van der Waals surface area contributed by atoms with Crippen molar-refractivity contribution < 1.29 is 4.79 Å². The molecule has 0 aromatic carbocycles. The number of rotatable bonds is 4. The van der Waals surface area contributed by atoms with E-state index < -0.39 is 0 Å². The van der Waals surface area contributed by atoms with Gasteiger partial charge in [0.25, 0.3) is 0 Å². The van der Waals surface area contributed by atoms with E-state index >= 15 is 0 Å². The first kappa shape index (κ1) is 14.0. The Kier molecular flexibility index (Phi) is 3.49. The predicted molar refractivity (Wildman–Crippen MR) is 85.5 cm³/mol. The lowest BCUT2D eigenvalue weighted by Crippen LogP contribution is -2.47. The van der Waals surface area contributed by atoms with Crippen molar-refractivity contribution in [3.05, 3.63) is 11.1 Å². The van der Waals surface area contributed by atoms with Crippen molar-refractivity contribution in [2.75, 3.05) is 5.32 Å². The summed E-state index contributed by atoms with van der Waals surface area (Å²) in [7, 11) is 0. The molecule has 1 amide bonds. The number of carbonyl (C=O) groups excluding carboxylic acids is 1. The molecule has 1 heterocycles. The number of alkyl halides is 1. The van der Waals surface area contributed by atoms with Gasteiger partial charge in [-0.25, -0.2) is 4.98 Å². The highest BCUT2D eigenvalue weighted by atomic mass is 35.5. The molecule has 4 aliphatic rings. The monoisotopic (exact) mass is 324 g/mol. The first-order valence-electron chi connectivity index (χ1n) is 7.94. The van der Waals surface area contributed by atoms with E-state index in [1.165, 1.54) is 49.9 Å². The topological polar surface area (TPSA) is 42.0 Å². The molecule has 0 atom stereocenters. The van der Waals surface area contributed by atoms with Gasteiger partial charge in [0, 0.05) is 11.8 Å². The van der Waals surface area contributed by atoms with Crippen LogP contribution >= 0.6 is 22.9 Å². The molecule has 3 nitrogen and oxygen atoms in total. The van der Waals surface area contributed by atoms with Crippen LogP contribution in [-0.2, 0) is 10.7 Å². The summed E-state index contributed by atoms with van der Waals surface area (Å²) >= 11 is 7.22. The van der Waals surface area contributed by atoms with Gasteiger partial charge in [-0.05, 0) is 61.7 Å². The van der Waals surface area contributed by atoms with E-state index in [4.69, 9.17) is 11.6 Å². The van der Waals surface area contributed by atoms with Gasteiger partial charge in [-0.2, -0.15) is 0 Å². The van der Waals surface area contributed by atoms with E-state index in [1.54, 1.807) is 0 Å². The Hall–Kier alpha value is -0.610. The Morgan fingerprint density at radius 2 is 1.90 bits per heavy atom. The summed E-state index contributed by atoms with van der Waals surface area (Å²) < 4.78 is 0. The fourth-order valence-electron chi connectivity index (χ4n) is 5.44. The third kappa shape index (κ3) is 2.72. The Labute approximate surface area is 134 Å². The molecule has 4 bridgehead atoms. The molecule has 21 heavy (non-hydrogen) atoms. The van der Waals surface area contributed by atoms with Gasteiger partial charge in [0.2, 0.25) is 5.91 Å². The first-order chi connectivity index (χ1) is 10.1. The smallest absolute Gasteiger partial charge is 0.226 e. The van der Waals surface area contributed by atoms with Crippen LogP contribution in [0.3, 0.4) is 0 Å². The van der Waals surface area contributed by atoms with Crippen LogP contribution in [0.15, 0.2) is 5.38 Å². The molecular weight excluding hydrogens is 304 g/mol. The normalized spacial score (nSPS) is 36.9. The van der Waals surface area contributed by atoms with Crippen molar-refractivity contribution in [1.29, 1.82) is 0 Å². The maximum Gasteiger partial charge on any atom is 0.226 e. The summed E-state index contributed by atoms with van der Waals surface area (Å²) in [6.45, 7) is 0. The minimum atomic E-state index is 0.146. The number of carbonyl (C=O) groups is 1. The third-order valence-electron chi connectivity index (χ3n) is 5.64. The van der Waals surface area contributed by atoms with E-state index in [9.17, 15) is 4.79 Å². The van der Waals surface area contributed by atoms with Crippen molar-refractivity contribution in [2.45, 2.75) is 50.8 Å². The van der Waals surface area contributed by atoms with E-state index in [-0.39, 0.29) is 5.91 Å². The van der Waals surface area contributed by atoms with Gasteiger partial charge in [-0.15, -0.1) is 22.9 Å². The fourth-order valence-corrected chi connectivity index (χ4v) is 6.39. The molecule has 1 aromatic heterocycles. The zero-order valence-corrected chi connectivity index (χ0v) is 13.7. The second-order valence-electron chi connectivity index (χ2n) is 7.42. The number of nitrogens with zero attached hydrogens (tertiary/aromatic N) is 1. The fraction of sp³-hybridized carbons (Fsp3) is 0.750. The van der Waals surface area contributed by atoms with Gasteiger partial charge in [0.15, 0.2) is 5.13 Å². The summed E-state index contributed by atoms with van der Waals surface area (Å²) in [6, 6.07) is 0. The molecule has 0 saturated heterocycles. The SMILES string of the molecule is O=C(CC12CC3CC(CC(C3)C1)C2)Nc1nc(CCl)cs1. The largest absolute Gasteiger partial charge is 0.302 e. The molecule has 0 radical (unpaired) electrons. The number of thiazole rings is 1. The second-order valence-corrected chi connectivity index (χ2v) is 8.55. The minimum absolute atomic E-state index is 0.146. The highest BCUT2D eigenvalue weighted by Gasteiger charge is 2.51. The number of hydrogen-bond donors (Lipinski definition) is 1. The highest BCUT2D eigenvalue weighted by molar-refractivity contribution is 7.13. The number of amides is 1. The van der Waals surface area contributed by atoms with Crippen LogP contribution in [0.1, 0.15) is 50.6 Å². The zero-order chi connectivity index (χ0) is 14.4. The number of nitrogens with one attached hydrogen (secondary N) is 1. The van der Waals surface area contributed by atoms with Crippen LogP contribution in [0, 0.1) is 23.2 Å². The summed E-state index contributed by atoms with van der Waals surface area (Å²) in [5, 5.41) is 5.59. The third-order valence-corrected chi connectivity index (χ3v) is 6.72. The summed E-state index contributed by atoms with van der Waals surface area (Å²) in [5.74, 6) is 3.24. The maximum absolute atomic E-state index is 12.4. The van der Waals surface area contributed by atoms with Gasteiger partial charge >= 0.3 is 0 Å². The maximum atomic E-state index is 12.4. The van der Waals surface area contributed by atoms with E-state index in [2.05, 4.69) is 10.3 Å². The van der Waals surface area contributed by atoms with Gasteiger partial charge < -0.3 is 5.32 Å². The van der Waals surface area contributed by atoms with Crippen LogP contribution in [-0.4, -0.2) is 10.9 Å². The van der Waals surface area contributed by atoms with Crippen LogP contribution in [0.5, 0.6) is 0 Å². The summed E-state index contributed by atoms with van der Waals surface area (Å²) in [4.78, 5) is 16.7. The molecule has 5 rings (SSSR count). The lowest BCUT2D eigenvalue weighted by molar-refractivity contribution is -0.124. The van der Waals surface area contributed by atoms with Crippen LogP contribution in [0.25, 0.3) is 0 Å². The molecule has 114 valence electrons. The van der Waals surface area contributed by atoms with Gasteiger partial charge in [0.1, 0.15) is 0 Å². The molecule has 1 N–H and O–H groups in total. The molecule has 0 unspecified atom stereocenters. The predicted octanol–water partition coefficient (Wildman–Crippen LogP) is 4.43. The highest BCUT2D eigenvalue weighted by Crippen LogP contribution is 2.61. The zero-order valence-electron chi connectivity index (χ0n) is 12.1. The van der Waals surface area contributed by atoms with Gasteiger partial charge in [0.05, 0.1) is 11.6 Å². The number of halogens is 1. The van der Waals surface area contributed by atoms with Crippen LogP contribution in [0.2, 0.25) is 0 Å². The minimum Gasteiger partial charge on any atom is -0.302 e. The average Bonchev–Trinajstić information content (AvgIpc) is 2.83. The molecule has 4 saturated carbocycles. The lowest BCUT2D eigenvalue weighted by Gasteiger charge is -2.56. The van der Waals surface area contributed by atoms with Crippen molar-refractivity contribution in [1.82, 2.24) is 4.98 Å². The Morgan fingerprint density at radius 3 is 2.43 bits per heavy atom. The van der Waals surface area contributed by atoms with Crippen molar-refractivity contribution in [3.8, 4) is 0 Å². The molecule has 5 heteroatoms. The molecule has 4 aliphatic carbocycles. The molecule has 4 fully saturated rings. The van der Waals surface area contributed by atoms with Gasteiger partial charge in [-0.1, -0.05) is 0 Å². The standard InChI is InChI=1S/C16H21ClN2OS/c17-8-13-9-21-15(18-13)19-14(20)7-16-4-10-1-11(5-16)3-12(2-10)6-16/h9-12H,1-8H2,(H,18,19,20). The molecule has 0 spiro atoms. The van der Waals surface area contributed by atoms with Crippen LogP contribution < -0.4 is 5.32 Å². The van der Waals surface area contributed by atoms with Crippen molar-refractivity contribution in [2.24, 2.45) is 23.2 Å². The quantitative estimate of drug-likeness (QED) is 0.833. The van der Waals surface area contributed by atoms with E-state index in [1.807, 2.05) is 5.38 Å². The Morgan fingerprint density at radius 1 is 1.29 bits per heavy atom. The number of hydrogen-bond acceptors (Lipinski definition) is 3. The van der Waals surface area contributed by atoms with Crippen LogP contribution in [0.4, 0.5) is 5.13 Å². The number of anilines is 1. The summed E-state index contributed by atoms with van der Waals surface area (Å²) in [5.41, 5.74) is 1.14. The molecule has 1 aromatic rings. The van der Waals surface area contributed by atoms with Crippen molar-refractivity contribution >= 4 is 34.0 Å². The van der Waals surface area contributed by atoms with Crippen molar-refractivity contribution in [3.63, 3.8) is 0 Å². The van der Waals surface area contributed by atoms with E-state index in [0.717, 1.165) is 23.4 Å². The number of aromatic nitrogens is 1. The first-order valence-corrected chi connectivity index (χ1v) is 9.36. The molecule has 0 aliphatic heterocycles. The Balaban J connectivity index is 1.42. The second kappa shape index (κ2) is 5.24. The summed E-state index contributed by atoms with van der Waals surface area (Å²) in [6.07, 6.45) is 8.78. The average molecular weight is 325 g/mol.